The third-order valence-corrected chi connectivity index (χ3v) is 3.55. The van der Waals surface area contributed by atoms with E-state index in [4.69, 9.17) is 0 Å². The van der Waals surface area contributed by atoms with E-state index in [1.807, 2.05) is 0 Å². The molecule has 0 heterocycles. The van der Waals surface area contributed by atoms with Crippen LogP contribution in [0.3, 0.4) is 0 Å². The Kier molecular flexibility index (Phi) is 6.81. The maximum Gasteiger partial charge on any atom is 0.573 e. The topological polar surface area (TPSA) is 87.7 Å². The molecule has 7 nitrogen and oxygen atoms in total. The molecule has 2 aromatic rings. The number of hydrogen-bond donors (Lipinski definition) is 2. The number of alkyl halides is 3. The molecule has 0 saturated carbocycles. The molecule has 10 heteroatoms. The zero-order chi connectivity index (χ0) is 21.6. The molecule has 0 spiro atoms. The predicted octanol–water partition coefficient (Wildman–Crippen LogP) is 3.25. The molecule has 0 aliphatic heterocycles. The van der Waals surface area contributed by atoms with E-state index in [1.165, 1.54) is 43.1 Å². The van der Waals surface area contributed by atoms with E-state index >= 15 is 0 Å². The summed E-state index contributed by atoms with van der Waals surface area (Å²) in [5.41, 5.74) is 1.11. The van der Waals surface area contributed by atoms with Gasteiger partial charge in [-0.25, -0.2) is 0 Å². The van der Waals surface area contributed by atoms with Crippen LogP contribution in [0.1, 0.15) is 17.3 Å². The standard InChI is InChI=1S/C19H18F3N3O4/c1-12(26)23-14-5-3-13(4-6-14)18(28)25(2)11-17(27)24-15-7-9-16(10-8-15)29-19(20,21)22/h3-10H,11H2,1-2H3,(H,23,26)(H,24,27). The summed E-state index contributed by atoms with van der Waals surface area (Å²) in [6, 6.07) is 10.8. The van der Waals surface area contributed by atoms with Crippen molar-refractivity contribution in [3.8, 4) is 5.75 Å². The highest BCUT2D eigenvalue weighted by atomic mass is 19.4. The zero-order valence-electron chi connectivity index (χ0n) is 15.5. The minimum absolute atomic E-state index is 0.240. The van der Waals surface area contributed by atoms with Crippen LogP contribution in [-0.4, -0.2) is 42.6 Å². The van der Waals surface area contributed by atoms with Gasteiger partial charge in [-0.1, -0.05) is 0 Å². The summed E-state index contributed by atoms with van der Waals surface area (Å²) in [4.78, 5) is 36.7. The fraction of sp³-hybridized carbons (Fsp3) is 0.211. The summed E-state index contributed by atoms with van der Waals surface area (Å²) in [5.74, 6) is -1.59. The molecule has 2 N–H and O–H groups in total. The van der Waals surface area contributed by atoms with E-state index in [9.17, 15) is 27.6 Å². The second-order valence-electron chi connectivity index (χ2n) is 6.04. The number of benzene rings is 2. The highest BCUT2D eigenvalue weighted by Gasteiger charge is 2.31. The van der Waals surface area contributed by atoms with Crippen molar-refractivity contribution in [2.75, 3.05) is 24.2 Å². The summed E-state index contributed by atoms with van der Waals surface area (Å²) < 4.78 is 40.2. The van der Waals surface area contributed by atoms with Crippen LogP contribution in [0.2, 0.25) is 0 Å². The summed E-state index contributed by atoms with van der Waals surface area (Å²) in [7, 11) is 1.43. The number of anilines is 2. The van der Waals surface area contributed by atoms with Crippen LogP contribution in [0.25, 0.3) is 0 Å². The Labute approximate surface area is 164 Å². The van der Waals surface area contributed by atoms with Gasteiger partial charge in [0.2, 0.25) is 11.8 Å². The summed E-state index contributed by atoms with van der Waals surface area (Å²) in [6.45, 7) is 1.09. The number of ether oxygens (including phenoxy) is 1. The van der Waals surface area contributed by atoms with E-state index in [-0.39, 0.29) is 18.1 Å². The van der Waals surface area contributed by atoms with E-state index in [2.05, 4.69) is 15.4 Å². The maximum absolute atomic E-state index is 12.4. The van der Waals surface area contributed by atoms with Crippen LogP contribution in [0.15, 0.2) is 48.5 Å². The van der Waals surface area contributed by atoms with Crippen LogP contribution >= 0.6 is 0 Å². The van der Waals surface area contributed by atoms with Crippen LogP contribution in [-0.2, 0) is 9.59 Å². The number of nitrogens with one attached hydrogen (secondary N) is 2. The van der Waals surface area contributed by atoms with Gasteiger partial charge in [-0.2, -0.15) is 0 Å². The van der Waals surface area contributed by atoms with Gasteiger partial charge in [0.1, 0.15) is 5.75 Å². The second-order valence-corrected chi connectivity index (χ2v) is 6.04. The predicted molar refractivity (Wildman–Crippen MR) is 99.5 cm³/mol. The van der Waals surface area contributed by atoms with Crippen molar-refractivity contribution in [1.29, 1.82) is 0 Å². The number of carbonyl (C=O) groups is 3. The van der Waals surface area contributed by atoms with Gasteiger partial charge in [0.15, 0.2) is 0 Å². The molecule has 0 fully saturated rings. The fourth-order valence-electron chi connectivity index (χ4n) is 2.35. The van der Waals surface area contributed by atoms with Crippen molar-refractivity contribution in [3.05, 3.63) is 54.1 Å². The van der Waals surface area contributed by atoms with Gasteiger partial charge in [0.05, 0.1) is 6.54 Å². The lowest BCUT2D eigenvalue weighted by Gasteiger charge is -2.17. The Morgan fingerprint density at radius 3 is 1.97 bits per heavy atom. The first-order chi connectivity index (χ1) is 13.5. The van der Waals surface area contributed by atoms with Crippen LogP contribution in [0.5, 0.6) is 5.75 Å². The van der Waals surface area contributed by atoms with Crippen LogP contribution in [0.4, 0.5) is 24.5 Å². The van der Waals surface area contributed by atoms with Gasteiger partial charge >= 0.3 is 6.36 Å². The molecule has 0 unspecified atom stereocenters. The van der Waals surface area contributed by atoms with Crippen molar-refractivity contribution < 1.29 is 32.3 Å². The zero-order valence-corrected chi connectivity index (χ0v) is 15.5. The molecule has 0 aliphatic rings. The van der Waals surface area contributed by atoms with Crippen molar-refractivity contribution >= 4 is 29.1 Å². The molecule has 0 saturated heterocycles. The summed E-state index contributed by atoms with van der Waals surface area (Å²) in [5, 5.41) is 5.06. The molecule has 0 bridgehead atoms. The Hall–Kier alpha value is -3.56. The van der Waals surface area contributed by atoms with E-state index < -0.39 is 23.9 Å². The Morgan fingerprint density at radius 2 is 1.45 bits per heavy atom. The minimum Gasteiger partial charge on any atom is -0.406 e. The molecule has 29 heavy (non-hydrogen) atoms. The van der Waals surface area contributed by atoms with E-state index in [0.717, 1.165) is 12.1 Å². The van der Waals surface area contributed by atoms with Gasteiger partial charge in [-0.05, 0) is 48.5 Å². The third-order valence-electron chi connectivity index (χ3n) is 3.55. The smallest absolute Gasteiger partial charge is 0.406 e. The number of likely N-dealkylation sites (N-methyl/N-ethyl adjacent to an activating group) is 1. The number of rotatable bonds is 6. The highest BCUT2D eigenvalue weighted by molar-refractivity contribution is 5.99. The average molecular weight is 409 g/mol. The van der Waals surface area contributed by atoms with Gasteiger partial charge in [0.25, 0.3) is 5.91 Å². The molecule has 0 radical (unpaired) electrons. The monoisotopic (exact) mass is 409 g/mol. The second kappa shape index (κ2) is 9.09. The lowest BCUT2D eigenvalue weighted by Crippen LogP contribution is -2.34. The summed E-state index contributed by atoms with van der Waals surface area (Å²) >= 11 is 0. The molecule has 3 amide bonds. The number of hydrogen-bond acceptors (Lipinski definition) is 4. The molecular formula is C19H18F3N3O4. The minimum atomic E-state index is -4.80. The molecule has 2 rings (SSSR count). The Balaban J connectivity index is 1.91. The summed E-state index contributed by atoms with van der Waals surface area (Å²) in [6.07, 6.45) is -4.80. The normalized spacial score (nSPS) is 10.8. The lowest BCUT2D eigenvalue weighted by molar-refractivity contribution is -0.274. The van der Waals surface area contributed by atoms with E-state index in [1.54, 1.807) is 12.1 Å². The van der Waals surface area contributed by atoms with Gasteiger partial charge in [0, 0.05) is 30.9 Å². The molecule has 154 valence electrons. The quantitative estimate of drug-likeness (QED) is 0.767. The lowest BCUT2D eigenvalue weighted by atomic mass is 10.2. The first-order valence-corrected chi connectivity index (χ1v) is 8.32. The molecule has 2 aromatic carbocycles. The maximum atomic E-state index is 12.4. The molecule has 0 aromatic heterocycles. The molecule has 0 atom stereocenters. The fourth-order valence-corrected chi connectivity index (χ4v) is 2.35. The third kappa shape index (κ3) is 7.17. The SMILES string of the molecule is CC(=O)Nc1ccc(C(=O)N(C)CC(=O)Nc2ccc(OC(F)(F)F)cc2)cc1. The van der Waals surface area contributed by atoms with Crippen LogP contribution in [0, 0.1) is 0 Å². The largest absolute Gasteiger partial charge is 0.573 e. The highest BCUT2D eigenvalue weighted by Crippen LogP contribution is 2.24. The van der Waals surface area contributed by atoms with Crippen molar-refractivity contribution in [2.45, 2.75) is 13.3 Å². The van der Waals surface area contributed by atoms with Gasteiger partial charge in [-0.3, -0.25) is 14.4 Å². The first-order valence-electron chi connectivity index (χ1n) is 8.32. The Bertz CT molecular complexity index is 881. The van der Waals surface area contributed by atoms with Crippen molar-refractivity contribution in [1.82, 2.24) is 4.90 Å². The van der Waals surface area contributed by atoms with Crippen molar-refractivity contribution in [3.63, 3.8) is 0 Å². The van der Waals surface area contributed by atoms with Crippen LogP contribution < -0.4 is 15.4 Å². The molecule has 0 aliphatic carbocycles. The van der Waals surface area contributed by atoms with Crippen molar-refractivity contribution in [2.24, 2.45) is 0 Å². The Morgan fingerprint density at radius 1 is 0.931 bits per heavy atom. The van der Waals surface area contributed by atoms with E-state index in [0.29, 0.717) is 11.3 Å². The van der Waals surface area contributed by atoms with Gasteiger partial charge in [-0.15, -0.1) is 13.2 Å². The van der Waals surface area contributed by atoms with Gasteiger partial charge < -0.3 is 20.3 Å². The number of carbonyl (C=O) groups excluding carboxylic acids is 3. The number of halogens is 3. The number of amides is 3. The molecular weight excluding hydrogens is 391 g/mol. The first kappa shape index (κ1) is 21.7. The number of nitrogens with zero attached hydrogens (tertiary/aromatic N) is 1. The average Bonchev–Trinajstić information content (AvgIpc) is 2.61.